The first kappa shape index (κ1) is 57.1. The van der Waals surface area contributed by atoms with Crippen LogP contribution in [0.1, 0.15) is 29.2 Å². The van der Waals surface area contributed by atoms with Crippen molar-refractivity contribution in [2.45, 2.75) is 13.1 Å². The van der Waals surface area contributed by atoms with E-state index in [-0.39, 0.29) is 16.9 Å². The van der Waals surface area contributed by atoms with E-state index in [1.165, 1.54) is 0 Å². The van der Waals surface area contributed by atoms with Crippen molar-refractivity contribution in [2.24, 2.45) is 4.99 Å². The van der Waals surface area contributed by atoms with Gasteiger partial charge in [-0.05, 0) is 114 Å². The van der Waals surface area contributed by atoms with Gasteiger partial charge >= 0.3 is 6.18 Å². The lowest BCUT2D eigenvalue weighted by Gasteiger charge is -2.25. The maximum absolute atomic E-state index is 17.9. The van der Waals surface area contributed by atoms with Crippen molar-refractivity contribution in [1.82, 2.24) is 24.1 Å². The third-order valence-corrected chi connectivity index (χ3v) is 17.4. The number of benzene rings is 10. The predicted octanol–water partition coefficient (Wildman–Crippen LogP) is 21.8. The van der Waals surface area contributed by atoms with Gasteiger partial charge in [-0.1, -0.05) is 212 Å². The molecule has 0 aliphatic carbocycles. The van der Waals surface area contributed by atoms with Crippen LogP contribution in [0.25, 0.3) is 145 Å². The van der Waals surface area contributed by atoms with Gasteiger partial charge in [0.2, 0.25) is 0 Å². The minimum atomic E-state index is -5.03. The van der Waals surface area contributed by atoms with E-state index in [2.05, 4.69) is 17.8 Å². The molecule has 0 spiro atoms. The van der Waals surface area contributed by atoms with Gasteiger partial charge in [-0.15, -0.1) is 0 Å². The smallest absolute Gasteiger partial charge is 0.309 e. The van der Waals surface area contributed by atoms with Crippen LogP contribution in [-0.2, 0) is 6.18 Å². The number of aromatic nitrogens is 5. The molecule has 5 aromatic heterocycles. The molecule has 15 rings (SSSR count). The van der Waals surface area contributed by atoms with E-state index in [9.17, 15) is 5.26 Å². The van der Waals surface area contributed by atoms with Crippen LogP contribution in [0.4, 0.5) is 13.2 Å². The Labute approximate surface area is 535 Å². The summed E-state index contributed by atoms with van der Waals surface area (Å²) in [6.07, 6.45) is 4.28. The molecule has 0 N–H and O–H groups in total. The molecular formula is C83H54F3N7. The fourth-order valence-corrected chi connectivity index (χ4v) is 12.8. The standard InChI is InChI=1S/C83H54F3N7/c1-53(26-39-72(88-2)55-17-7-3-8-18-55)59-27-34-70-71-37-30-62(66-33-42-75(91-52-66)58-23-13-6-14-24-58)48-80(71)93(79(70)45-59)82-67(63-25-15-16-54(44-63)49-87)38-43-76(81(82)83(84,85)86)92-77-46-60(64-31-40-73(89-50-64)56-19-9-4-10-20-56)28-35-68(77)69-36-29-61(47-78(69)92)65-32-41-74(90-51-65)57-21-11-5-12-22-57/h3-48,50-52H,2H2,1H3/b53-26+,72-39-. The minimum Gasteiger partial charge on any atom is -0.309 e. The highest BCUT2D eigenvalue weighted by atomic mass is 19.4. The Morgan fingerprint density at radius 2 is 0.849 bits per heavy atom. The van der Waals surface area contributed by atoms with Gasteiger partial charge in [0.15, 0.2) is 0 Å². The summed E-state index contributed by atoms with van der Waals surface area (Å²) >= 11 is 0. The number of alkyl halides is 3. The van der Waals surface area contributed by atoms with E-state index in [1.807, 2.05) is 268 Å². The number of allylic oxidation sites excluding steroid dienone is 3. The SMILES string of the molecule is C=N/C(=C\C=C(/C)c1ccc2c3ccc(-c4ccc(-c5ccccc5)nc4)cc3n(-c3c(-c4cccc(C#N)c4)ccc(-n4c5cc(-c6ccc(-c7ccccc7)nc6)ccc5c5ccc(-c6ccc(-c7ccccc7)nc6)cc54)c3C(F)(F)F)c2c1)c1ccccc1. The van der Waals surface area contributed by atoms with Crippen LogP contribution >= 0.6 is 0 Å². The molecule has 93 heavy (non-hydrogen) atoms. The summed E-state index contributed by atoms with van der Waals surface area (Å²) in [5, 5.41) is 13.4. The van der Waals surface area contributed by atoms with Crippen LogP contribution in [-0.4, -0.2) is 30.8 Å². The quantitative estimate of drug-likeness (QED) is 0.0850. The third kappa shape index (κ3) is 10.7. The maximum Gasteiger partial charge on any atom is 0.420 e. The molecule has 0 unspecified atom stereocenters. The topological polar surface area (TPSA) is 84.7 Å². The highest BCUT2D eigenvalue weighted by Crippen LogP contribution is 2.49. The molecule has 442 valence electrons. The van der Waals surface area contributed by atoms with E-state index < -0.39 is 11.7 Å². The summed E-state index contributed by atoms with van der Waals surface area (Å²) in [6.45, 7) is 5.85. The average molecular weight is 1210 g/mol. The summed E-state index contributed by atoms with van der Waals surface area (Å²) in [5.41, 5.74) is 15.1. The Morgan fingerprint density at radius 3 is 1.29 bits per heavy atom. The van der Waals surface area contributed by atoms with Crippen LogP contribution in [0.2, 0.25) is 0 Å². The monoisotopic (exact) mass is 1210 g/mol. The van der Waals surface area contributed by atoms with Gasteiger partial charge in [0.25, 0.3) is 0 Å². The molecule has 0 saturated carbocycles. The van der Waals surface area contributed by atoms with Crippen molar-refractivity contribution >= 4 is 61.6 Å². The molecule has 0 saturated heterocycles. The highest BCUT2D eigenvalue weighted by molar-refractivity contribution is 6.13. The Kier molecular flexibility index (Phi) is 14.7. The van der Waals surface area contributed by atoms with Crippen LogP contribution in [0, 0.1) is 11.3 Å². The first-order chi connectivity index (χ1) is 45.6. The maximum atomic E-state index is 17.9. The van der Waals surface area contributed by atoms with Crippen molar-refractivity contribution in [3.8, 4) is 95.7 Å². The molecular weight excluding hydrogens is 1150 g/mol. The largest absolute Gasteiger partial charge is 0.420 e. The molecule has 15 aromatic rings. The van der Waals surface area contributed by atoms with Gasteiger partial charge in [0.05, 0.1) is 67.9 Å². The van der Waals surface area contributed by atoms with Gasteiger partial charge in [-0.2, -0.15) is 18.4 Å². The second kappa shape index (κ2) is 23.9. The molecule has 0 bridgehead atoms. The van der Waals surface area contributed by atoms with Crippen molar-refractivity contribution in [1.29, 1.82) is 5.26 Å². The summed E-state index contributed by atoms with van der Waals surface area (Å²) in [6, 6.07) is 87.7. The summed E-state index contributed by atoms with van der Waals surface area (Å²) in [7, 11) is 0. The first-order valence-electron chi connectivity index (χ1n) is 30.5. The number of aliphatic imine (C=N–C) groups is 1. The number of hydrogen-bond donors (Lipinski definition) is 0. The molecule has 7 nitrogen and oxygen atoms in total. The predicted molar refractivity (Wildman–Crippen MR) is 374 cm³/mol. The van der Waals surface area contributed by atoms with Gasteiger partial charge in [0.1, 0.15) is 5.56 Å². The van der Waals surface area contributed by atoms with Crippen LogP contribution in [0.3, 0.4) is 0 Å². The molecule has 10 aromatic carbocycles. The van der Waals surface area contributed by atoms with E-state index in [1.54, 1.807) is 45.5 Å². The molecule has 0 aliphatic heterocycles. The Hall–Kier alpha value is -12.3. The highest BCUT2D eigenvalue weighted by Gasteiger charge is 2.41. The van der Waals surface area contributed by atoms with Crippen LogP contribution in [0.5, 0.6) is 0 Å². The summed E-state index contributed by atoms with van der Waals surface area (Å²) in [5.74, 6) is 0. The molecule has 10 heteroatoms. The molecule has 0 aliphatic rings. The third-order valence-electron chi connectivity index (χ3n) is 17.4. The lowest BCUT2D eigenvalue weighted by atomic mass is 9.95. The van der Waals surface area contributed by atoms with Gasteiger partial charge in [-0.25, -0.2) is 0 Å². The van der Waals surface area contributed by atoms with Gasteiger partial charge in [0, 0.05) is 84.6 Å². The van der Waals surface area contributed by atoms with Crippen molar-refractivity contribution in [3.05, 3.63) is 320 Å². The van der Waals surface area contributed by atoms with Crippen molar-refractivity contribution in [2.75, 3.05) is 0 Å². The number of nitrogens with zero attached hydrogens (tertiary/aromatic N) is 7. The van der Waals surface area contributed by atoms with Crippen LogP contribution in [0.15, 0.2) is 303 Å². The Bertz CT molecular complexity index is 5330. The van der Waals surface area contributed by atoms with Crippen molar-refractivity contribution in [3.63, 3.8) is 0 Å². The van der Waals surface area contributed by atoms with E-state index in [0.717, 1.165) is 105 Å². The zero-order valence-electron chi connectivity index (χ0n) is 50.3. The first-order valence-corrected chi connectivity index (χ1v) is 30.5. The number of halogens is 3. The number of pyridine rings is 3. The van der Waals surface area contributed by atoms with E-state index in [4.69, 9.17) is 15.0 Å². The fraction of sp³-hybridized carbons (Fsp3) is 0.0241. The van der Waals surface area contributed by atoms with E-state index >= 15 is 13.2 Å². The van der Waals surface area contributed by atoms with Crippen molar-refractivity contribution < 1.29 is 13.2 Å². The molecule has 0 fully saturated rings. The number of rotatable bonds is 13. The molecule has 0 amide bonds. The Balaban J connectivity index is 1.02. The summed E-state index contributed by atoms with van der Waals surface area (Å²) in [4.78, 5) is 19.0. The van der Waals surface area contributed by atoms with E-state index in [0.29, 0.717) is 38.9 Å². The lowest BCUT2D eigenvalue weighted by Crippen LogP contribution is -2.17. The zero-order valence-corrected chi connectivity index (χ0v) is 50.3. The normalized spacial score (nSPS) is 12.0. The van der Waals surface area contributed by atoms with Gasteiger partial charge < -0.3 is 9.13 Å². The second-order valence-electron chi connectivity index (χ2n) is 23.0. The molecule has 0 radical (unpaired) electrons. The second-order valence-corrected chi connectivity index (χ2v) is 23.0. The number of nitriles is 1. The number of fused-ring (bicyclic) bond motifs is 6. The van der Waals surface area contributed by atoms with Crippen LogP contribution < -0.4 is 0 Å². The average Bonchev–Trinajstić information content (AvgIpc) is 1.61. The van der Waals surface area contributed by atoms with Gasteiger partial charge in [-0.3, -0.25) is 19.9 Å². The molecule has 0 atom stereocenters. The molecule has 5 heterocycles. The minimum absolute atomic E-state index is 0.100. The Morgan fingerprint density at radius 1 is 0.419 bits per heavy atom. The lowest BCUT2D eigenvalue weighted by molar-refractivity contribution is -0.137. The fourth-order valence-electron chi connectivity index (χ4n) is 12.8. The number of hydrogen-bond acceptors (Lipinski definition) is 5. The summed E-state index contributed by atoms with van der Waals surface area (Å²) < 4.78 is 57.3. The zero-order chi connectivity index (χ0) is 63.2.